The number of ether oxygens (including phenoxy) is 2. The monoisotopic (exact) mass is 452 g/mol. The molecule has 1 aliphatic carbocycles. The van der Waals surface area contributed by atoms with Crippen LogP contribution in [0.1, 0.15) is 45.4 Å². The summed E-state index contributed by atoms with van der Waals surface area (Å²) in [5, 5.41) is 8.61. The molecular weight excluding hydrogens is 420 g/mol. The van der Waals surface area contributed by atoms with E-state index in [-0.39, 0.29) is 28.6 Å². The molecule has 0 aromatic heterocycles. The highest BCUT2D eigenvalue weighted by molar-refractivity contribution is 8.14. The quantitative estimate of drug-likeness (QED) is 0.206. The number of thioether (sulfide) groups is 1. The van der Waals surface area contributed by atoms with Gasteiger partial charge in [0, 0.05) is 38.7 Å². The van der Waals surface area contributed by atoms with Gasteiger partial charge in [-0.15, -0.1) is 0 Å². The number of carboxylic acids is 1. The first-order valence-electron chi connectivity index (χ1n) is 9.56. The fourth-order valence-corrected chi connectivity index (χ4v) is 5.65. The molecule has 0 aromatic carbocycles. The molecule has 0 bridgehead atoms. The second kappa shape index (κ2) is 12.7. The summed E-state index contributed by atoms with van der Waals surface area (Å²) in [4.78, 5) is 22.4. The minimum atomic E-state index is -3.65. The molecule has 1 N–H and O–H groups in total. The van der Waals surface area contributed by atoms with Crippen LogP contribution in [0.15, 0.2) is 12.2 Å². The smallest absolute Gasteiger partial charge is 0.303 e. The summed E-state index contributed by atoms with van der Waals surface area (Å²) in [5.74, 6) is -1.32. The van der Waals surface area contributed by atoms with Crippen molar-refractivity contribution in [3.05, 3.63) is 12.2 Å². The Kier molecular flexibility index (Phi) is 11.4. The Morgan fingerprint density at radius 3 is 2.38 bits per heavy atom. The van der Waals surface area contributed by atoms with Gasteiger partial charge in [0.15, 0.2) is 11.4 Å². The first-order valence-corrected chi connectivity index (χ1v) is 12.3. The van der Waals surface area contributed by atoms with E-state index < -0.39 is 28.5 Å². The number of carbonyl (C=O) groups is 2. The van der Waals surface area contributed by atoms with Gasteiger partial charge in [0.1, 0.15) is 0 Å². The minimum Gasteiger partial charge on any atom is -0.481 e. The highest BCUT2D eigenvalue weighted by Crippen LogP contribution is 2.44. The minimum absolute atomic E-state index is 0.0172. The topological polar surface area (TPSA) is 116 Å². The van der Waals surface area contributed by atoms with Crippen LogP contribution >= 0.6 is 11.8 Å². The van der Waals surface area contributed by atoms with Crippen LogP contribution in [0, 0.1) is 11.8 Å². The number of methoxy groups -OCH3 is 2. The summed E-state index contributed by atoms with van der Waals surface area (Å²) in [6, 6.07) is 0. The molecule has 8 nitrogen and oxygen atoms in total. The standard InChI is InChI=1S/C19H32O8S2/c1-13(20)28-16-12-11-15(27-29(4,23)24)14(18(16)19(25-2)26-3)9-7-5-6-8-10-17(21)22/h5,7,14-16,18-19H,6,8-12H2,1-4H3,(H,21,22)/b7-5-/t14-,15-,16+,18-/m0/s1. The molecule has 0 saturated heterocycles. The third-order valence-electron chi connectivity index (χ3n) is 4.87. The first kappa shape index (κ1) is 26.1. The molecule has 0 amide bonds. The number of hydrogen-bond donors (Lipinski definition) is 1. The number of hydrogen-bond acceptors (Lipinski definition) is 8. The van der Waals surface area contributed by atoms with E-state index in [1.54, 1.807) is 0 Å². The maximum Gasteiger partial charge on any atom is 0.303 e. The average Bonchev–Trinajstić information content (AvgIpc) is 2.60. The van der Waals surface area contributed by atoms with Gasteiger partial charge >= 0.3 is 5.97 Å². The summed E-state index contributed by atoms with van der Waals surface area (Å²) >= 11 is 1.22. The number of aliphatic carboxylic acids is 1. The summed E-state index contributed by atoms with van der Waals surface area (Å²) < 4.78 is 39.9. The van der Waals surface area contributed by atoms with Gasteiger partial charge in [0.25, 0.3) is 10.1 Å². The predicted octanol–water partition coefficient (Wildman–Crippen LogP) is 2.83. The number of allylic oxidation sites excluding steroid dienone is 2. The number of carbonyl (C=O) groups excluding carboxylic acids is 1. The lowest BCUT2D eigenvalue weighted by Gasteiger charge is -2.44. The molecule has 1 fully saturated rings. The van der Waals surface area contributed by atoms with E-state index >= 15 is 0 Å². The highest BCUT2D eigenvalue weighted by atomic mass is 32.2. The summed E-state index contributed by atoms with van der Waals surface area (Å²) in [6.07, 6.45) is 6.56. The second-order valence-corrected chi connectivity index (χ2v) is 10.2. The van der Waals surface area contributed by atoms with Gasteiger partial charge in [0.05, 0.1) is 12.4 Å². The molecule has 1 rings (SSSR count). The van der Waals surface area contributed by atoms with E-state index in [2.05, 4.69) is 0 Å². The van der Waals surface area contributed by atoms with Crippen molar-refractivity contribution in [2.45, 2.75) is 63.1 Å². The third-order valence-corrected chi connectivity index (χ3v) is 6.65. The Morgan fingerprint density at radius 1 is 1.21 bits per heavy atom. The molecule has 0 heterocycles. The number of unbranched alkanes of at least 4 members (excludes halogenated alkanes) is 1. The average molecular weight is 453 g/mol. The van der Waals surface area contributed by atoms with Gasteiger partial charge in [-0.3, -0.25) is 13.8 Å². The van der Waals surface area contributed by atoms with Crippen LogP contribution in [0.5, 0.6) is 0 Å². The van der Waals surface area contributed by atoms with E-state index in [1.165, 1.54) is 32.9 Å². The lowest BCUT2D eigenvalue weighted by Crippen LogP contribution is -2.48. The first-order chi connectivity index (χ1) is 13.6. The van der Waals surface area contributed by atoms with Crippen LogP contribution in [0.3, 0.4) is 0 Å². The van der Waals surface area contributed by atoms with E-state index in [4.69, 9.17) is 18.8 Å². The van der Waals surface area contributed by atoms with Crippen LogP contribution < -0.4 is 0 Å². The Bertz CT molecular complexity index is 657. The fraction of sp³-hybridized carbons (Fsp3) is 0.789. The number of carboxylic acid groups (broad SMARTS) is 1. The molecule has 0 aromatic rings. The van der Waals surface area contributed by atoms with Gasteiger partial charge in [-0.2, -0.15) is 8.42 Å². The molecule has 4 atom stereocenters. The molecule has 10 heteroatoms. The molecule has 168 valence electrons. The highest BCUT2D eigenvalue weighted by Gasteiger charge is 2.45. The Labute approximate surface area is 177 Å². The second-order valence-electron chi connectivity index (χ2n) is 7.14. The maximum absolute atomic E-state index is 11.8. The largest absolute Gasteiger partial charge is 0.481 e. The van der Waals surface area contributed by atoms with E-state index in [1.807, 2.05) is 12.2 Å². The molecule has 0 aliphatic heterocycles. The van der Waals surface area contributed by atoms with Crippen molar-refractivity contribution in [3.63, 3.8) is 0 Å². The van der Waals surface area contributed by atoms with Crippen molar-refractivity contribution in [2.24, 2.45) is 11.8 Å². The van der Waals surface area contributed by atoms with Gasteiger partial charge in [-0.05, 0) is 38.0 Å². The normalized spacial score (nSPS) is 25.6. The maximum atomic E-state index is 11.8. The molecule has 0 unspecified atom stereocenters. The van der Waals surface area contributed by atoms with Crippen molar-refractivity contribution in [1.82, 2.24) is 0 Å². The summed E-state index contributed by atoms with van der Waals surface area (Å²) in [7, 11) is -0.619. The van der Waals surface area contributed by atoms with Crippen molar-refractivity contribution < 1.29 is 36.8 Å². The van der Waals surface area contributed by atoms with Crippen LogP contribution in [0.4, 0.5) is 0 Å². The zero-order valence-corrected chi connectivity index (χ0v) is 19.0. The zero-order valence-electron chi connectivity index (χ0n) is 17.4. The van der Waals surface area contributed by atoms with Crippen molar-refractivity contribution in [2.75, 3.05) is 20.5 Å². The van der Waals surface area contributed by atoms with Gasteiger partial charge in [-0.1, -0.05) is 23.9 Å². The van der Waals surface area contributed by atoms with Gasteiger partial charge in [0.2, 0.25) is 0 Å². The Morgan fingerprint density at radius 2 is 1.86 bits per heavy atom. The molecular formula is C19H32O8S2. The van der Waals surface area contributed by atoms with Gasteiger partial charge < -0.3 is 14.6 Å². The lowest BCUT2D eigenvalue weighted by molar-refractivity contribution is -0.164. The predicted molar refractivity (Wildman–Crippen MR) is 111 cm³/mol. The van der Waals surface area contributed by atoms with E-state index in [9.17, 15) is 18.0 Å². The van der Waals surface area contributed by atoms with Crippen molar-refractivity contribution in [1.29, 1.82) is 0 Å². The molecule has 29 heavy (non-hydrogen) atoms. The SMILES string of the molecule is COC(OC)[C@H]1[C@@H](C/C=C\CCCC(=O)O)[C@@H](OS(C)(=O)=O)CC[C@H]1SC(C)=O. The Hall–Kier alpha value is -0.940. The fourth-order valence-electron chi connectivity index (χ4n) is 3.79. The van der Waals surface area contributed by atoms with Crippen LogP contribution in [-0.2, 0) is 33.4 Å². The lowest BCUT2D eigenvalue weighted by atomic mass is 9.74. The summed E-state index contributed by atoms with van der Waals surface area (Å²) in [5.41, 5.74) is 0. The van der Waals surface area contributed by atoms with Crippen LogP contribution in [0.25, 0.3) is 0 Å². The van der Waals surface area contributed by atoms with Crippen molar-refractivity contribution >= 4 is 33.0 Å². The van der Waals surface area contributed by atoms with Crippen molar-refractivity contribution in [3.8, 4) is 0 Å². The van der Waals surface area contributed by atoms with Gasteiger partial charge in [-0.25, -0.2) is 0 Å². The molecule has 1 aliphatic rings. The van der Waals surface area contributed by atoms with E-state index in [0.717, 1.165) is 6.26 Å². The molecule has 0 radical (unpaired) electrons. The third kappa shape index (κ3) is 9.61. The molecule has 0 spiro atoms. The van der Waals surface area contributed by atoms with Crippen LogP contribution in [-0.4, -0.2) is 62.7 Å². The van der Waals surface area contributed by atoms with Crippen LogP contribution in [0.2, 0.25) is 0 Å². The Balaban J connectivity index is 3.05. The number of rotatable bonds is 12. The zero-order chi connectivity index (χ0) is 22.0. The molecule has 1 saturated carbocycles. The summed E-state index contributed by atoms with van der Waals surface area (Å²) in [6.45, 7) is 1.51. The van der Waals surface area contributed by atoms with E-state index in [0.29, 0.717) is 32.1 Å².